The Kier molecular flexibility index (Phi) is 3.00. The zero-order valence-electron chi connectivity index (χ0n) is 8.65. The minimum Gasteiger partial charge on any atom is -0.399 e. The molecule has 1 aromatic heterocycles. The maximum Gasteiger partial charge on any atom is 0.141 e. The van der Waals surface area contributed by atoms with Crippen LogP contribution >= 0.6 is 0 Å². The first-order valence-electron chi connectivity index (χ1n) is 4.94. The van der Waals surface area contributed by atoms with Crippen molar-refractivity contribution < 1.29 is 4.39 Å². The van der Waals surface area contributed by atoms with Gasteiger partial charge in [-0.1, -0.05) is 12.1 Å². The van der Waals surface area contributed by atoms with Crippen molar-refractivity contribution in [3.8, 4) is 0 Å². The first kappa shape index (κ1) is 10.4. The van der Waals surface area contributed by atoms with Crippen LogP contribution in [0.4, 0.5) is 15.9 Å². The molecule has 16 heavy (non-hydrogen) atoms. The number of hydrogen-bond donors (Lipinski definition) is 2. The van der Waals surface area contributed by atoms with Gasteiger partial charge in [-0.25, -0.2) is 9.37 Å². The number of hydrogen-bond acceptors (Lipinski definition) is 3. The van der Waals surface area contributed by atoms with Gasteiger partial charge in [0, 0.05) is 12.2 Å². The van der Waals surface area contributed by atoms with E-state index in [0.29, 0.717) is 12.4 Å². The summed E-state index contributed by atoms with van der Waals surface area (Å²) in [6.07, 6.45) is 1.19. The molecule has 0 unspecified atom stereocenters. The number of nitrogens with two attached hydrogens (primary N) is 1. The van der Waals surface area contributed by atoms with Crippen molar-refractivity contribution in [3.05, 3.63) is 54.0 Å². The van der Waals surface area contributed by atoms with Gasteiger partial charge in [-0.2, -0.15) is 0 Å². The van der Waals surface area contributed by atoms with E-state index in [0.717, 1.165) is 11.3 Å². The predicted molar refractivity (Wildman–Crippen MR) is 62.4 cm³/mol. The van der Waals surface area contributed by atoms with Gasteiger partial charge in [0.2, 0.25) is 0 Å². The predicted octanol–water partition coefficient (Wildman–Crippen LogP) is 2.42. The summed E-state index contributed by atoms with van der Waals surface area (Å²) >= 11 is 0. The van der Waals surface area contributed by atoms with Gasteiger partial charge in [-0.15, -0.1) is 0 Å². The first-order valence-corrected chi connectivity index (χ1v) is 4.94. The number of benzene rings is 1. The number of nitrogens with one attached hydrogen (secondary N) is 1. The van der Waals surface area contributed by atoms with E-state index >= 15 is 0 Å². The molecule has 1 heterocycles. The topological polar surface area (TPSA) is 50.9 Å². The number of halogens is 1. The van der Waals surface area contributed by atoms with Crippen molar-refractivity contribution in [1.82, 2.24) is 4.98 Å². The van der Waals surface area contributed by atoms with Gasteiger partial charge in [0.25, 0.3) is 0 Å². The van der Waals surface area contributed by atoms with Crippen LogP contribution in [0.3, 0.4) is 0 Å². The fourth-order valence-corrected chi connectivity index (χ4v) is 1.31. The second kappa shape index (κ2) is 4.61. The summed E-state index contributed by atoms with van der Waals surface area (Å²) in [7, 11) is 0. The highest BCUT2D eigenvalue weighted by Crippen LogP contribution is 2.09. The summed E-state index contributed by atoms with van der Waals surface area (Å²) in [6.45, 7) is 0.638. The fourth-order valence-electron chi connectivity index (χ4n) is 1.31. The monoisotopic (exact) mass is 217 g/mol. The number of anilines is 2. The normalized spacial score (nSPS) is 10.1. The zero-order valence-corrected chi connectivity index (χ0v) is 8.65. The molecule has 0 aliphatic heterocycles. The van der Waals surface area contributed by atoms with Gasteiger partial charge >= 0.3 is 0 Å². The molecule has 1 aromatic carbocycles. The maximum absolute atomic E-state index is 12.6. The van der Waals surface area contributed by atoms with Crippen LogP contribution in [-0.2, 0) is 6.54 Å². The van der Waals surface area contributed by atoms with Crippen LogP contribution in [0, 0.1) is 5.82 Å². The zero-order chi connectivity index (χ0) is 11.4. The summed E-state index contributed by atoms with van der Waals surface area (Å²) in [5, 5.41) is 3.09. The molecule has 3 N–H and O–H groups in total. The van der Waals surface area contributed by atoms with Crippen molar-refractivity contribution in [2.75, 3.05) is 11.1 Å². The molecule has 0 saturated heterocycles. The van der Waals surface area contributed by atoms with Gasteiger partial charge in [-0.3, -0.25) is 0 Å². The van der Waals surface area contributed by atoms with Crippen LogP contribution in [0.15, 0.2) is 42.6 Å². The second-order valence-corrected chi connectivity index (χ2v) is 3.46. The molecule has 0 amide bonds. The van der Waals surface area contributed by atoms with Crippen LogP contribution in [-0.4, -0.2) is 4.98 Å². The molecule has 0 aliphatic carbocycles. The Morgan fingerprint density at radius 1 is 1.12 bits per heavy atom. The lowest BCUT2D eigenvalue weighted by Gasteiger charge is -2.05. The molecule has 3 nitrogen and oxygen atoms in total. The number of aromatic nitrogens is 1. The van der Waals surface area contributed by atoms with E-state index in [2.05, 4.69) is 10.3 Å². The molecule has 0 bridgehead atoms. The Morgan fingerprint density at radius 2 is 1.88 bits per heavy atom. The fraction of sp³-hybridized carbons (Fsp3) is 0.0833. The summed E-state index contributed by atoms with van der Waals surface area (Å²) in [4.78, 5) is 3.90. The summed E-state index contributed by atoms with van der Waals surface area (Å²) < 4.78 is 12.6. The molecule has 0 aliphatic rings. The lowest BCUT2D eigenvalue weighted by Crippen LogP contribution is -2.01. The summed E-state index contributed by atoms with van der Waals surface area (Å²) in [5.74, 6) is 0.316. The van der Waals surface area contributed by atoms with E-state index in [9.17, 15) is 4.39 Å². The van der Waals surface area contributed by atoms with Crippen LogP contribution in [0.5, 0.6) is 0 Å². The largest absolute Gasteiger partial charge is 0.399 e. The van der Waals surface area contributed by atoms with E-state index in [-0.39, 0.29) is 5.82 Å². The quantitative estimate of drug-likeness (QED) is 0.776. The van der Waals surface area contributed by atoms with E-state index in [1.54, 1.807) is 6.07 Å². The first-order chi connectivity index (χ1) is 7.74. The van der Waals surface area contributed by atoms with Crippen LogP contribution in [0.1, 0.15) is 5.56 Å². The highest BCUT2D eigenvalue weighted by molar-refractivity contribution is 5.41. The molecule has 82 valence electrons. The van der Waals surface area contributed by atoms with Crippen LogP contribution < -0.4 is 11.1 Å². The van der Waals surface area contributed by atoms with Gasteiger partial charge in [0.05, 0.1) is 6.20 Å². The van der Waals surface area contributed by atoms with Gasteiger partial charge < -0.3 is 11.1 Å². The van der Waals surface area contributed by atoms with Gasteiger partial charge in [0.1, 0.15) is 11.6 Å². The average molecular weight is 217 g/mol. The Labute approximate surface area is 93.1 Å². The smallest absolute Gasteiger partial charge is 0.141 e. The molecule has 0 radical (unpaired) electrons. The highest BCUT2D eigenvalue weighted by Gasteiger charge is 1.95. The third-order valence-electron chi connectivity index (χ3n) is 2.18. The van der Waals surface area contributed by atoms with E-state index < -0.39 is 0 Å². The average Bonchev–Trinajstić information content (AvgIpc) is 2.30. The molecule has 0 fully saturated rings. The number of nitrogens with zero attached hydrogens (tertiary/aromatic N) is 1. The Hall–Kier alpha value is -2.10. The summed E-state index contributed by atoms with van der Waals surface area (Å²) in [5.41, 5.74) is 7.41. The lowest BCUT2D eigenvalue weighted by molar-refractivity contribution is 0.621. The molecule has 0 saturated carbocycles. The lowest BCUT2D eigenvalue weighted by atomic mass is 10.2. The standard InChI is InChI=1S/C12H12FN3/c13-10-3-6-12(16-8-10)15-7-9-1-4-11(14)5-2-9/h1-6,8H,7,14H2,(H,15,16). The molecular weight excluding hydrogens is 205 g/mol. The van der Waals surface area contributed by atoms with Crippen molar-refractivity contribution in [1.29, 1.82) is 0 Å². The minimum atomic E-state index is -0.335. The Morgan fingerprint density at radius 3 is 2.50 bits per heavy atom. The van der Waals surface area contributed by atoms with Gasteiger partial charge in [0.15, 0.2) is 0 Å². The molecular formula is C12H12FN3. The minimum absolute atomic E-state index is 0.335. The second-order valence-electron chi connectivity index (χ2n) is 3.46. The van der Waals surface area contributed by atoms with E-state index in [1.807, 2.05) is 24.3 Å². The Bertz CT molecular complexity index is 405. The van der Waals surface area contributed by atoms with Crippen molar-refractivity contribution in [3.63, 3.8) is 0 Å². The van der Waals surface area contributed by atoms with Crippen LogP contribution in [0.25, 0.3) is 0 Å². The maximum atomic E-state index is 12.6. The molecule has 4 heteroatoms. The van der Waals surface area contributed by atoms with E-state index in [1.165, 1.54) is 12.3 Å². The van der Waals surface area contributed by atoms with Crippen molar-refractivity contribution in [2.45, 2.75) is 6.54 Å². The van der Waals surface area contributed by atoms with Crippen LogP contribution in [0.2, 0.25) is 0 Å². The molecule has 0 spiro atoms. The third kappa shape index (κ3) is 2.70. The molecule has 0 atom stereocenters. The van der Waals surface area contributed by atoms with Gasteiger partial charge in [-0.05, 0) is 29.8 Å². The third-order valence-corrected chi connectivity index (χ3v) is 2.18. The number of pyridine rings is 1. The number of nitrogen functional groups attached to an aromatic ring is 1. The SMILES string of the molecule is Nc1ccc(CNc2ccc(F)cn2)cc1. The highest BCUT2D eigenvalue weighted by atomic mass is 19.1. The van der Waals surface area contributed by atoms with E-state index in [4.69, 9.17) is 5.73 Å². The molecule has 2 aromatic rings. The Balaban J connectivity index is 1.97. The number of rotatable bonds is 3. The van der Waals surface area contributed by atoms with Crippen molar-refractivity contribution >= 4 is 11.5 Å². The van der Waals surface area contributed by atoms with Crippen molar-refractivity contribution in [2.24, 2.45) is 0 Å². The summed E-state index contributed by atoms with van der Waals surface area (Å²) in [6, 6.07) is 10.5. The molecule has 2 rings (SSSR count).